The van der Waals surface area contributed by atoms with Gasteiger partial charge in [-0.2, -0.15) is 0 Å². The lowest BCUT2D eigenvalue weighted by molar-refractivity contribution is 0.222. The summed E-state index contributed by atoms with van der Waals surface area (Å²) in [5.41, 5.74) is 7.03. The molecule has 9 nitrogen and oxygen atoms in total. The Morgan fingerprint density at radius 2 is 1.67 bits per heavy atom. The van der Waals surface area contributed by atoms with Crippen LogP contribution in [0.15, 0.2) is 59.5 Å². The Kier molecular flexibility index (Phi) is 6.31. The molecule has 0 bridgehead atoms. The monoisotopic (exact) mass is 545 g/mol. The number of aromatic nitrogens is 4. The van der Waals surface area contributed by atoms with Gasteiger partial charge >= 0.3 is 5.69 Å². The van der Waals surface area contributed by atoms with Gasteiger partial charge in [-0.15, -0.1) is 0 Å². The maximum absolute atomic E-state index is 12.5. The standard InChI is InChI=1S/C29H31N5O4S/c1-33-23-16-30-28-25(27(23)32-29(33)35)24(19-8-10-21(38-2)11-9-19)26(31-28)20-6-4-18(5-7-20)17-34-14-12-22(13-15-34)39(3,36)37/h4-11,16,22H,12-15,17H2,1-3H3,(H,30,31)(H,32,35). The minimum absolute atomic E-state index is 0.187. The number of piperidine rings is 1. The van der Waals surface area contributed by atoms with Gasteiger partial charge in [0.2, 0.25) is 0 Å². The number of sulfone groups is 1. The zero-order valence-electron chi connectivity index (χ0n) is 22.2. The molecule has 0 unspecified atom stereocenters. The topological polar surface area (TPSA) is 113 Å². The van der Waals surface area contributed by atoms with Gasteiger partial charge < -0.3 is 14.7 Å². The number of rotatable bonds is 6. The van der Waals surface area contributed by atoms with E-state index in [4.69, 9.17) is 4.74 Å². The Balaban J connectivity index is 1.38. The van der Waals surface area contributed by atoms with Gasteiger partial charge in [0.25, 0.3) is 0 Å². The van der Waals surface area contributed by atoms with E-state index in [1.165, 1.54) is 11.8 Å². The summed E-state index contributed by atoms with van der Waals surface area (Å²) >= 11 is 0. The molecule has 0 spiro atoms. The van der Waals surface area contributed by atoms with Crippen LogP contribution in [0.4, 0.5) is 0 Å². The lowest BCUT2D eigenvalue weighted by Gasteiger charge is -2.31. The largest absolute Gasteiger partial charge is 0.497 e. The number of hydrogen-bond acceptors (Lipinski definition) is 6. The number of nitrogens with one attached hydrogen (secondary N) is 2. The Hall–Kier alpha value is -3.89. The van der Waals surface area contributed by atoms with E-state index in [0.29, 0.717) is 18.5 Å². The second-order valence-corrected chi connectivity index (χ2v) is 12.7. The van der Waals surface area contributed by atoms with Gasteiger partial charge in [0.15, 0.2) is 0 Å². The number of H-pyrrole nitrogens is 2. The normalized spacial score (nSPS) is 15.4. The van der Waals surface area contributed by atoms with Crippen molar-refractivity contribution in [1.29, 1.82) is 0 Å². The van der Waals surface area contributed by atoms with E-state index in [9.17, 15) is 13.2 Å². The van der Waals surface area contributed by atoms with Gasteiger partial charge in [-0.1, -0.05) is 36.4 Å². The van der Waals surface area contributed by atoms with E-state index in [1.807, 2.05) is 24.3 Å². The Morgan fingerprint density at radius 3 is 2.31 bits per heavy atom. The summed E-state index contributed by atoms with van der Waals surface area (Å²) in [6, 6.07) is 16.3. The predicted molar refractivity (Wildman–Crippen MR) is 154 cm³/mol. The van der Waals surface area contributed by atoms with Crippen molar-refractivity contribution in [2.75, 3.05) is 26.5 Å². The molecule has 10 heteroatoms. The predicted octanol–water partition coefficient (Wildman–Crippen LogP) is 4.09. The molecule has 0 atom stereocenters. The molecule has 39 heavy (non-hydrogen) atoms. The van der Waals surface area contributed by atoms with Crippen molar-refractivity contribution in [2.45, 2.75) is 24.6 Å². The number of nitrogens with zero attached hydrogens (tertiary/aromatic N) is 3. The number of hydrogen-bond donors (Lipinski definition) is 2. The molecule has 1 saturated heterocycles. The quantitative estimate of drug-likeness (QED) is 0.332. The summed E-state index contributed by atoms with van der Waals surface area (Å²) in [5, 5.41) is 0.636. The van der Waals surface area contributed by atoms with Crippen molar-refractivity contribution in [3.8, 4) is 28.1 Å². The first-order valence-electron chi connectivity index (χ1n) is 13.0. The summed E-state index contributed by atoms with van der Waals surface area (Å²) < 4.78 is 30.7. The van der Waals surface area contributed by atoms with Crippen molar-refractivity contribution in [3.05, 3.63) is 70.8 Å². The van der Waals surface area contributed by atoms with Gasteiger partial charge in [0, 0.05) is 25.4 Å². The minimum Gasteiger partial charge on any atom is -0.497 e. The SMILES string of the molecule is COc1ccc(-c2c(-c3ccc(CN4CCC(S(C)(=O)=O)CC4)cc3)[nH]c3ncc4c([nH]c(=O)n4C)c23)cc1. The molecule has 3 aromatic heterocycles. The van der Waals surface area contributed by atoms with E-state index < -0.39 is 9.84 Å². The van der Waals surface area contributed by atoms with Crippen molar-refractivity contribution >= 4 is 31.9 Å². The molecular weight excluding hydrogens is 514 g/mol. The molecule has 202 valence electrons. The third-order valence-electron chi connectivity index (χ3n) is 7.87. The number of ether oxygens (including phenoxy) is 1. The van der Waals surface area contributed by atoms with Gasteiger partial charge in [-0.05, 0) is 54.8 Å². The van der Waals surface area contributed by atoms with Crippen LogP contribution >= 0.6 is 0 Å². The zero-order valence-corrected chi connectivity index (χ0v) is 23.0. The van der Waals surface area contributed by atoms with Gasteiger partial charge in [0.05, 0.1) is 40.7 Å². The zero-order chi connectivity index (χ0) is 27.3. The first-order chi connectivity index (χ1) is 18.7. The highest BCUT2D eigenvalue weighted by molar-refractivity contribution is 7.91. The fourth-order valence-corrected chi connectivity index (χ4v) is 6.69. The van der Waals surface area contributed by atoms with Gasteiger partial charge in [-0.25, -0.2) is 18.2 Å². The third kappa shape index (κ3) is 4.63. The maximum Gasteiger partial charge on any atom is 0.326 e. The van der Waals surface area contributed by atoms with Crippen LogP contribution in [0.2, 0.25) is 0 Å². The highest BCUT2D eigenvalue weighted by atomic mass is 32.2. The summed E-state index contributed by atoms with van der Waals surface area (Å²) in [4.78, 5) is 26.0. The number of aryl methyl sites for hydroxylation is 1. The third-order valence-corrected chi connectivity index (χ3v) is 9.55. The Morgan fingerprint density at radius 1 is 1.00 bits per heavy atom. The number of benzene rings is 2. The number of aromatic amines is 2. The van der Waals surface area contributed by atoms with Crippen LogP contribution in [0.5, 0.6) is 5.75 Å². The molecule has 6 rings (SSSR count). The minimum atomic E-state index is -2.98. The lowest BCUT2D eigenvalue weighted by atomic mass is 9.97. The average Bonchev–Trinajstić information content (AvgIpc) is 3.46. The molecule has 0 aliphatic carbocycles. The van der Waals surface area contributed by atoms with Crippen LogP contribution in [0.25, 0.3) is 44.5 Å². The fourth-order valence-electron chi connectivity index (χ4n) is 5.62. The molecule has 0 saturated carbocycles. The number of pyridine rings is 1. The number of imidazole rings is 1. The summed E-state index contributed by atoms with van der Waals surface area (Å²) in [7, 11) is 0.398. The van der Waals surface area contributed by atoms with E-state index in [1.54, 1.807) is 24.9 Å². The second kappa shape index (κ2) is 9.69. The molecule has 2 N–H and O–H groups in total. The average molecular weight is 546 g/mol. The molecule has 2 aromatic carbocycles. The van der Waals surface area contributed by atoms with Crippen molar-refractivity contribution in [2.24, 2.45) is 7.05 Å². The van der Waals surface area contributed by atoms with Crippen molar-refractivity contribution in [1.82, 2.24) is 24.4 Å². The highest BCUT2D eigenvalue weighted by Gasteiger charge is 2.26. The molecule has 0 radical (unpaired) electrons. The molecule has 1 aliphatic heterocycles. The Labute approximate surface area is 226 Å². The van der Waals surface area contributed by atoms with Crippen LogP contribution in [0.3, 0.4) is 0 Å². The number of methoxy groups -OCH3 is 1. The summed E-state index contributed by atoms with van der Waals surface area (Å²) in [5.74, 6) is 0.765. The van der Waals surface area contributed by atoms with E-state index in [2.05, 4.69) is 44.1 Å². The summed E-state index contributed by atoms with van der Waals surface area (Å²) in [6.07, 6.45) is 4.41. The second-order valence-electron chi connectivity index (χ2n) is 10.3. The Bertz CT molecular complexity index is 1830. The van der Waals surface area contributed by atoms with Crippen molar-refractivity contribution in [3.63, 3.8) is 0 Å². The molecule has 1 aliphatic rings. The van der Waals surface area contributed by atoms with Gasteiger partial charge in [0.1, 0.15) is 21.2 Å². The smallest absolute Gasteiger partial charge is 0.326 e. The van der Waals surface area contributed by atoms with Crippen LogP contribution < -0.4 is 10.4 Å². The van der Waals surface area contributed by atoms with E-state index >= 15 is 0 Å². The van der Waals surface area contributed by atoms with E-state index in [-0.39, 0.29) is 10.9 Å². The maximum atomic E-state index is 12.5. The molecule has 1 fully saturated rings. The van der Waals surface area contributed by atoms with Crippen LogP contribution in [-0.4, -0.2) is 64.5 Å². The summed E-state index contributed by atoms with van der Waals surface area (Å²) in [6.45, 7) is 2.34. The van der Waals surface area contributed by atoms with Crippen molar-refractivity contribution < 1.29 is 13.2 Å². The first-order valence-corrected chi connectivity index (χ1v) is 14.9. The number of likely N-dealkylation sites (tertiary alicyclic amines) is 1. The van der Waals surface area contributed by atoms with Crippen LogP contribution in [0, 0.1) is 0 Å². The van der Waals surface area contributed by atoms with Crippen LogP contribution in [0.1, 0.15) is 18.4 Å². The molecule has 5 aromatic rings. The molecular formula is C29H31N5O4S. The highest BCUT2D eigenvalue weighted by Crippen LogP contribution is 2.40. The van der Waals surface area contributed by atoms with E-state index in [0.717, 1.165) is 64.2 Å². The fraction of sp³-hybridized carbons (Fsp3) is 0.310. The first kappa shape index (κ1) is 25.4. The van der Waals surface area contributed by atoms with Gasteiger partial charge in [-0.3, -0.25) is 9.47 Å². The lowest BCUT2D eigenvalue weighted by Crippen LogP contribution is -2.38. The molecule has 0 amide bonds. The van der Waals surface area contributed by atoms with Crippen LogP contribution in [-0.2, 0) is 23.4 Å². The number of fused-ring (bicyclic) bond motifs is 3. The molecule has 4 heterocycles.